The maximum Gasteiger partial charge on any atom is 0.169 e. The molecule has 5 nitrogen and oxygen atoms in total. The Morgan fingerprint density at radius 1 is 1.17 bits per heavy atom. The number of nitriles is 1. The second-order valence-electron chi connectivity index (χ2n) is 10.4. The molecule has 0 heterocycles. The highest BCUT2D eigenvalue weighted by Crippen LogP contribution is 2.45. The van der Waals surface area contributed by atoms with Crippen LogP contribution in [-0.2, 0) is 11.2 Å². The zero-order chi connectivity index (χ0) is 26.3. The molecule has 2 aliphatic rings. The predicted octanol–water partition coefficient (Wildman–Crippen LogP) is 6.31. The number of nitrogens with zero attached hydrogens (tertiary/aromatic N) is 2. The zero-order valence-corrected chi connectivity index (χ0v) is 22.9. The molecule has 1 aromatic carbocycles. The first-order chi connectivity index (χ1) is 17.3. The van der Waals surface area contributed by atoms with Crippen molar-refractivity contribution in [3.8, 4) is 17.6 Å². The molecule has 0 spiro atoms. The topological polar surface area (TPSA) is 62.6 Å². The summed E-state index contributed by atoms with van der Waals surface area (Å²) < 4.78 is 10.8. The zero-order valence-electron chi connectivity index (χ0n) is 22.9. The molecule has 0 radical (unpaired) electrons. The lowest BCUT2D eigenvalue weighted by Gasteiger charge is -2.35. The molecule has 0 saturated heterocycles. The van der Waals surface area contributed by atoms with E-state index in [-0.39, 0.29) is 17.6 Å². The van der Waals surface area contributed by atoms with Crippen LogP contribution in [0.1, 0.15) is 58.4 Å². The van der Waals surface area contributed by atoms with Crippen molar-refractivity contribution in [1.29, 1.82) is 5.26 Å². The molecular formula is C31H42N2O3. The standard InChI is InChI=1S/C31H42N2O3/c1-7-24-20-27(24)30(34)25-10-12-26(13-11-25)31(21-32,22(2)3)16-8-17-33(4)18-15-23-9-14-28(35-5)29(19-23)36-6/h9-10,12,14,19-20,22,27H,7-8,11,13,15-18H2,1-6H3. The lowest BCUT2D eigenvalue weighted by atomic mass is 9.66. The maximum absolute atomic E-state index is 12.7. The van der Waals surface area contributed by atoms with Crippen molar-refractivity contribution >= 4 is 5.78 Å². The van der Waals surface area contributed by atoms with Crippen LogP contribution in [0.25, 0.3) is 0 Å². The second-order valence-corrected chi connectivity index (χ2v) is 10.4. The summed E-state index contributed by atoms with van der Waals surface area (Å²) in [4.78, 5) is 15.1. The third kappa shape index (κ3) is 6.28. The van der Waals surface area contributed by atoms with E-state index in [2.05, 4.69) is 57.0 Å². The van der Waals surface area contributed by atoms with Gasteiger partial charge in [0, 0.05) is 6.54 Å². The van der Waals surface area contributed by atoms with Gasteiger partial charge in [-0.2, -0.15) is 5.26 Å². The summed E-state index contributed by atoms with van der Waals surface area (Å²) >= 11 is 0. The maximum atomic E-state index is 12.7. The molecule has 0 bridgehead atoms. The molecule has 0 saturated carbocycles. The highest BCUT2D eigenvalue weighted by atomic mass is 16.5. The monoisotopic (exact) mass is 490 g/mol. The van der Waals surface area contributed by atoms with Gasteiger partial charge in [-0.1, -0.05) is 50.6 Å². The van der Waals surface area contributed by atoms with Crippen LogP contribution >= 0.6 is 0 Å². The number of allylic oxidation sites excluding steroid dienone is 6. The highest BCUT2D eigenvalue weighted by molar-refractivity contribution is 6.03. The molecule has 2 aliphatic carbocycles. The largest absolute Gasteiger partial charge is 0.493 e. The van der Waals surface area contributed by atoms with E-state index in [0.29, 0.717) is 0 Å². The van der Waals surface area contributed by atoms with Crippen molar-refractivity contribution < 1.29 is 14.3 Å². The van der Waals surface area contributed by atoms with Crippen LogP contribution in [0.15, 0.2) is 53.1 Å². The number of benzene rings is 1. The number of rotatable bonds is 14. The number of Topliss-reactive ketones (excluding diaryl/α,β-unsaturated/α-hetero) is 1. The van der Waals surface area contributed by atoms with Crippen molar-refractivity contribution in [3.05, 3.63) is 58.7 Å². The van der Waals surface area contributed by atoms with Gasteiger partial charge in [-0.25, -0.2) is 0 Å². The first kappa shape index (κ1) is 27.7. The number of carbonyl (C=O) groups is 1. The number of hydrogen-bond acceptors (Lipinski definition) is 5. The predicted molar refractivity (Wildman–Crippen MR) is 145 cm³/mol. The van der Waals surface area contributed by atoms with Crippen LogP contribution < -0.4 is 9.47 Å². The normalized spacial score (nSPS) is 18.6. The van der Waals surface area contributed by atoms with Crippen molar-refractivity contribution in [2.24, 2.45) is 17.3 Å². The van der Waals surface area contributed by atoms with E-state index < -0.39 is 5.41 Å². The van der Waals surface area contributed by atoms with Gasteiger partial charge in [0.2, 0.25) is 0 Å². The quantitative estimate of drug-likeness (QED) is 0.286. The van der Waals surface area contributed by atoms with Gasteiger partial charge in [0.15, 0.2) is 17.3 Å². The summed E-state index contributed by atoms with van der Waals surface area (Å²) in [6.07, 6.45) is 11.4. The fourth-order valence-electron chi connectivity index (χ4n) is 5.33. The minimum atomic E-state index is -0.484. The molecule has 0 N–H and O–H groups in total. The average Bonchev–Trinajstić information content (AvgIpc) is 3.69. The molecule has 2 atom stereocenters. The summed E-state index contributed by atoms with van der Waals surface area (Å²) in [5, 5.41) is 10.3. The summed E-state index contributed by atoms with van der Waals surface area (Å²) in [5.74, 6) is 2.01. The summed E-state index contributed by atoms with van der Waals surface area (Å²) in [7, 11) is 5.45. The molecule has 3 rings (SSSR count). The third-order valence-electron chi connectivity index (χ3n) is 7.93. The van der Waals surface area contributed by atoms with E-state index >= 15 is 0 Å². The van der Waals surface area contributed by atoms with Gasteiger partial charge >= 0.3 is 0 Å². The number of carbonyl (C=O) groups excluding carboxylic acids is 1. The van der Waals surface area contributed by atoms with Crippen LogP contribution in [0.4, 0.5) is 0 Å². The van der Waals surface area contributed by atoms with Crippen molar-refractivity contribution in [2.75, 3.05) is 34.4 Å². The van der Waals surface area contributed by atoms with E-state index in [9.17, 15) is 10.1 Å². The molecule has 0 aromatic heterocycles. The highest BCUT2D eigenvalue weighted by Gasteiger charge is 2.39. The summed E-state index contributed by atoms with van der Waals surface area (Å²) in [5.41, 5.74) is 4.09. The van der Waals surface area contributed by atoms with Crippen molar-refractivity contribution in [2.45, 2.75) is 59.3 Å². The molecule has 0 amide bonds. The van der Waals surface area contributed by atoms with Crippen LogP contribution in [0.3, 0.4) is 0 Å². The molecule has 194 valence electrons. The Hall–Kier alpha value is -2.84. The number of ether oxygens (including phenoxy) is 2. The van der Waals surface area contributed by atoms with E-state index in [0.717, 1.165) is 68.7 Å². The minimum Gasteiger partial charge on any atom is -0.493 e. The summed E-state index contributed by atoms with van der Waals surface area (Å²) in [6.45, 7) is 8.27. The minimum absolute atomic E-state index is 0.0385. The average molecular weight is 491 g/mol. The fraction of sp³-hybridized carbons (Fsp3) is 0.548. The molecule has 2 unspecified atom stereocenters. The summed E-state index contributed by atoms with van der Waals surface area (Å²) in [6, 6.07) is 8.77. The van der Waals surface area contributed by atoms with Gasteiger partial charge in [-0.15, -0.1) is 0 Å². The Kier molecular flexibility index (Phi) is 9.56. The fourth-order valence-corrected chi connectivity index (χ4v) is 5.33. The van der Waals surface area contributed by atoms with Crippen LogP contribution in [0.2, 0.25) is 0 Å². The van der Waals surface area contributed by atoms with E-state index in [1.807, 2.05) is 18.2 Å². The first-order valence-electron chi connectivity index (χ1n) is 13.2. The van der Waals surface area contributed by atoms with Gasteiger partial charge in [-0.3, -0.25) is 4.79 Å². The lowest BCUT2D eigenvalue weighted by molar-refractivity contribution is -0.116. The third-order valence-corrected chi connectivity index (χ3v) is 7.93. The number of methoxy groups -OCH3 is 2. The lowest BCUT2D eigenvalue weighted by Crippen LogP contribution is -2.31. The van der Waals surface area contributed by atoms with Gasteiger partial charge in [0.25, 0.3) is 0 Å². The van der Waals surface area contributed by atoms with E-state index in [4.69, 9.17) is 9.47 Å². The SMILES string of the molecule is CCC1=CC1C(=O)C1=CC=C(C(C#N)(CCCN(C)CCc2ccc(OC)c(OC)c2)C(C)C)CC1. The van der Waals surface area contributed by atoms with E-state index in [1.54, 1.807) is 14.2 Å². The Morgan fingerprint density at radius 3 is 2.47 bits per heavy atom. The Balaban J connectivity index is 1.56. The molecule has 36 heavy (non-hydrogen) atoms. The van der Waals surface area contributed by atoms with Gasteiger partial charge in [0.05, 0.1) is 31.6 Å². The Labute approximate surface area is 217 Å². The molecule has 0 aliphatic heterocycles. The second kappa shape index (κ2) is 12.4. The number of ketones is 1. The first-order valence-corrected chi connectivity index (χ1v) is 13.2. The van der Waals surface area contributed by atoms with E-state index in [1.165, 1.54) is 16.7 Å². The van der Waals surface area contributed by atoms with Crippen molar-refractivity contribution in [1.82, 2.24) is 4.90 Å². The Bertz CT molecular complexity index is 1080. The van der Waals surface area contributed by atoms with Crippen LogP contribution in [-0.4, -0.2) is 45.0 Å². The smallest absolute Gasteiger partial charge is 0.169 e. The van der Waals surface area contributed by atoms with Gasteiger partial charge in [-0.05, 0) is 86.9 Å². The molecule has 0 fully saturated rings. The molecular weight excluding hydrogens is 448 g/mol. The van der Waals surface area contributed by atoms with Gasteiger partial charge in [0.1, 0.15) is 0 Å². The molecule has 1 aromatic rings. The number of hydrogen-bond donors (Lipinski definition) is 0. The Morgan fingerprint density at radius 2 is 1.92 bits per heavy atom. The number of likely N-dealkylation sites (N-methyl/N-ethyl adjacent to an activating group) is 1. The van der Waals surface area contributed by atoms with Crippen molar-refractivity contribution in [3.63, 3.8) is 0 Å². The van der Waals surface area contributed by atoms with Gasteiger partial charge < -0.3 is 14.4 Å². The van der Waals surface area contributed by atoms with Crippen LogP contribution in [0, 0.1) is 28.6 Å². The molecule has 5 heteroatoms. The van der Waals surface area contributed by atoms with Crippen LogP contribution in [0.5, 0.6) is 11.5 Å².